The lowest BCUT2D eigenvalue weighted by atomic mass is 10.1. The number of nitro benzene ring substituents is 2. The number of carbonyl (C=O) groups is 5. The van der Waals surface area contributed by atoms with Crippen molar-refractivity contribution in [3.63, 3.8) is 0 Å². The van der Waals surface area contributed by atoms with E-state index < -0.39 is 153 Å². The van der Waals surface area contributed by atoms with Crippen molar-refractivity contribution in [2.75, 3.05) is 13.1 Å². The minimum absolute atomic E-state index is 0.00891. The summed E-state index contributed by atoms with van der Waals surface area (Å²) >= 11 is 28.8. The van der Waals surface area contributed by atoms with Crippen LogP contribution in [0.1, 0.15) is 55.2 Å². The van der Waals surface area contributed by atoms with Crippen LogP contribution in [0.3, 0.4) is 0 Å². The Balaban J connectivity index is 0.00000206. The number of hydrogen-bond acceptors (Lipinski definition) is 16. The van der Waals surface area contributed by atoms with Crippen LogP contribution >= 0.6 is 69.6 Å². The van der Waals surface area contributed by atoms with Crippen LogP contribution in [0.4, 0.5) is 16.2 Å². The van der Waals surface area contributed by atoms with Crippen LogP contribution < -0.4 is 5.32 Å². The second kappa shape index (κ2) is 35.6. The standard InChI is InChI=1S/C49H51N5O18S2.2CHCl3/c55-45(56)28-27-40(46(57)58)52(74(68,69)44-26-13-11-23-39(44)54(64)65)42(48(60)71-33-36-18-6-2-7-19-36)29-31-51(73(66,67)43-25-12-10-22-38(43)53(62)63)41(47(59)70-32-35-16-4-1-5-17-35)24-14-15-30-50-49(61)72-34-37-20-8-3-9-21-37;2*2-1(3)4/h1-13,16-23,25-26,40-42H,14-15,24,27-34H2,(H,50,61)(H,55,56)(H,57,58);2*1H/t40-,41-,42-;;/m0../s1. The third-order valence-electron chi connectivity index (χ3n) is 11.1. The van der Waals surface area contributed by atoms with Crippen molar-refractivity contribution in [3.8, 4) is 0 Å². The molecule has 82 heavy (non-hydrogen) atoms. The number of amides is 1. The predicted octanol–water partition coefficient (Wildman–Crippen LogP) is 10.2. The van der Waals surface area contributed by atoms with Gasteiger partial charge in [-0.15, -0.1) is 0 Å². The molecule has 0 saturated heterocycles. The second-order valence-electron chi connectivity index (χ2n) is 16.7. The van der Waals surface area contributed by atoms with E-state index in [0.717, 1.165) is 42.5 Å². The SMILES string of the molecule is ClC(Cl)Cl.ClC(Cl)Cl.O=C(O)CC[C@@H](C(=O)O)N([C@@H](CCN([C@@H](CCCCNC(=O)OCc1ccccc1)C(=O)OCc1ccccc1)S(=O)(=O)c1ccccc1[N+](=O)[O-])C(=O)OCc1ccccc1)S(=O)(=O)c1ccccc1[N+](=O)[O-]. The van der Waals surface area contributed by atoms with Crippen molar-refractivity contribution in [3.05, 3.63) is 176 Å². The van der Waals surface area contributed by atoms with Crippen LogP contribution in [0.2, 0.25) is 0 Å². The molecule has 31 heteroatoms. The molecule has 1 amide bonds. The molecule has 0 bridgehead atoms. The number of rotatable bonds is 29. The fourth-order valence-electron chi connectivity index (χ4n) is 7.56. The molecular formula is C51H53Cl6N5O18S2. The number of alkyl carbamates (subject to hydrolysis) is 1. The van der Waals surface area contributed by atoms with Gasteiger partial charge in [0.25, 0.3) is 31.4 Å². The molecule has 0 aliphatic rings. The van der Waals surface area contributed by atoms with Gasteiger partial charge in [-0.25, -0.2) is 21.6 Å². The van der Waals surface area contributed by atoms with Crippen molar-refractivity contribution in [2.24, 2.45) is 0 Å². The summed E-state index contributed by atoms with van der Waals surface area (Å²) in [5.41, 5.74) is -0.576. The van der Waals surface area contributed by atoms with Gasteiger partial charge >= 0.3 is 30.0 Å². The lowest BCUT2D eigenvalue weighted by Crippen LogP contribution is -2.56. The van der Waals surface area contributed by atoms with Crippen molar-refractivity contribution in [2.45, 2.75) is 94.9 Å². The number of hydrogen-bond donors (Lipinski definition) is 3. The molecule has 444 valence electrons. The van der Waals surface area contributed by atoms with E-state index >= 15 is 8.42 Å². The largest absolute Gasteiger partial charge is 0.481 e. The van der Waals surface area contributed by atoms with E-state index in [0.29, 0.717) is 21.0 Å². The molecule has 5 rings (SSSR count). The molecule has 5 aromatic rings. The van der Waals surface area contributed by atoms with Crippen molar-refractivity contribution in [1.29, 1.82) is 0 Å². The number of ether oxygens (including phenoxy) is 3. The Hall–Kier alpha value is -6.39. The van der Waals surface area contributed by atoms with Gasteiger partial charge in [-0.3, -0.25) is 39.4 Å². The van der Waals surface area contributed by atoms with Crippen molar-refractivity contribution in [1.82, 2.24) is 13.9 Å². The molecule has 0 aromatic heterocycles. The number of esters is 2. The highest BCUT2D eigenvalue weighted by atomic mass is 35.6. The smallest absolute Gasteiger partial charge is 0.407 e. The fourth-order valence-corrected chi connectivity index (χ4v) is 11.3. The molecule has 3 atom stereocenters. The van der Waals surface area contributed by atoms with Crippen molar-refractivity contribution < 1.29 is 75.1 Å². The molecule has 0 heterocycles. The van der Waals surface area contributed by atoms with Crippen LogP contribution in [-0.4, -0.2) is 115 Å². The summed E-state index contributed by atoms with van der Waals surface area (Å²) in [6.45, 7) is -2.30. The van der Waals surface area contributed by atoms with Gasteiger partial charge in [-0.05, 0) is 60.9 Å². The zero-order valence-corrected chi connectivity index (χ0v) is 48.9. The van der Waals surface area contributed by atoms with E-state index in [1.54, 1.807) is 78.9 Å². The van der Waals surface area contributed by atoms with Gasteiger partial charge < -0.3 is 29.7 Å². The molecule has 5 aromatic carbocycles. The van der Waals surface area contributed by atoms with E-state index in [1.807, 2.05) is 0 Å². The number of para-hydroxylation sites is 2. The molecule has 0 radical (unpaired) electrons. The molecular weight excluding hydrogens is 1250 g/mol. The number of nitrogens with one attached hydrogen (secondary N) is 1. The first-order valence-electron chi connectivity index (χ1n) is 24.0. The average molecular weight is 1300 g/mol. The Bertz CT molecular complexity index is 3110. The molecule has 0 saturated carbocycles. The van der Waals surface area contributed by atoms with Gasteiger partial charge in [-0.1, -0.05) is 185 Å². The Labute approximate surface area is 501 Å². The number of carboxylic acid groups (broad SMARTS) is 2. The fraction of sp³-hybridized carbons (Fsp3) is 0.314. The number of unbranched alkanes of at least 4 members (excludes halogenated alkanes) is 1. The summed E-state index contributed by atoms with van der Waals surface area (Å²) in [5, 5.41) is 47.5. The lowest BCUT2D eigenvalue weighted by molar-refractivity contribution is -0.388. The number of carboxylic acids is 2. The van der Waals surface area contributed by atoms with E-state index in [4.69, 9.17) is 83.8 Å². The summed E-state index contributed by atoms with van der Waals surface area (Å²) in [6.07, 6.45) is -4.49. The Kier molecular flexibility index (Phi) is 30.3. The zero-order valence-electron chi connectivity index (χ0n) is 42.7. The normalized spacial score (nSPS) is 12.4. The van der Waals surface area contributed by atoms with Gasteiger partial charge in [0.2, 0.25) is 0 Å². The number of benzene rings is 5. The number of aliphatic carboxylic acids is 2. The Morgan fingerprint density at radius 3 is 1.33 bits per heavy atom. The molecule has 0 fully saturated rings. The number of carbonyl (C=O) groups excluding carboxylic acids is 3. The molecule has 3 N–H and O–H groups in total. The van der Waals surface area contributed by atoms with E-state index in [2.05, 4.69) is 5.32 Å². The third kappa shape index (κ3) is 23.5. The second-order valence-corrected chi connectivity index (χ2v) is 24.3. The van der Waals surface area contributed by atoms with Gasteiger partial charge in [0.15, 0.2) is 18.4 Å². The third-order valence-corrected chi connectivity index (χ3v) is 15.1. The summed E-state index contributed by atoms with van der Waals surface area (Å²) in [5.74, 6) is -6.42. The average Bonchev–Trinajstić information content (AvgIpc) is 2.80. The van der Waals surface area contributed by atoms with Crippen LogP contribution in [-0.2, 0) is 73.3 Å². The summed E-state index contributed by atoms with van der Waals surface area (Å²) < 4.78 is 75.6. The van der Waals surface area contributed by atoms with Gasteiger partial charge in [0.1, 0.15) is 37.9 Å². The Morgan fingerprint density at radius 2 is 0.915 bits per heavy atom. The summed E-state index contributed by atoms with van der Waals surface area (Å²) in [7, 11) is -11.0. The van der Waals surface area contributed by atoms with Crippen molar-refractivity contribution >= 4 is 131 Å². The maximum atomic E-state index is 15.1. The maximum absolute atomic E-state index is 15.1. The topological polar surface area (TPSA) is 327 Å². The van der Waals surface area contributed by atoms with Crippen LogP contribution in [0.15, 0.2) is 149 Å². The molecule has 0 spiro atoms. The molecule has 0 aliphatic heterocycles. The number of nitrogens with zero attached hydrogens (tertiary/aromatic N) is 4. The van der Waals surface area contributed by atoms with Crippen LogP contribution in [0.5, 0.6) is 0 Å². The monoisotopic (exact) mass is 1300 g/mol. The quantitative estimate of drug-likeness (QED) is 0.0100. The van der Waals surface area contributed by atoms with Crippen LogP contribution in [0.25, 0.3) is 0 Å². The predicted molar refractivity (Wildman–Crippen MR) is 303 cm³/mol. The zero-order chi connectivity index (χ0) is 61.0. The maximum Gasteiger partial charge on any atom is 0.407 e. The van der Waals surface area contributed by atoms with Crippen LogP contribution in [0, 0.1) is 20.2 Å². The lowest BCUT2D eigenvalue weighted by Gasteiger charge is -2.35. The minimum Gasteiger partial charge on any atom is -0.481 e. The first-order chi connectivity index (χ1) is 38.8. The molecule has 0 unspecified atom stereocenters. The highest BCUT2D eigenvalue weighted by Gasteiger charge is 2.48. The summed E-state index contributed by atoms with van der Waals surface area (Å²) in [4.78, 5) is 87.2. The molecule has 23 nitrogen and oxygen atoms in total. The highest BCUT2D eigenvalue weighted by Crippen LogP contribution is 2.34. The number of nitro groups is 2. The highest BCUT2D eigenvalue weighted by molar-refractivity contribution is 7.89. The van der Waals surface area contributed by atoms with Gasteiger partial charge in [0.05, 0.1) is 9.85 Å². The van der Waals surface area contributed by atoms with Gasteiger partial charge in [0, 0.05) is 31.6 Å². The van der Waals surface area contributed by atoms with Gasteiger partial charge in [-0.2, -0.15) is 8.61 Å². The number of sulfonamides is 2. The number of alkyl halides is 6. The summed E-state index contributed by atoms with van der Waals surface area (Å²) in [6, 6.07) is 25.4. The number of halogens is 6. The minimum atomic E-state index is -5.65. The Morgan fingerprint density at radius 1 is 0.524 bits per heavy atom. The molecule has 0 aliphatic carbocycles. The van der Waals surface area contributed by atoms with E-state index in [1.165, 1.54) is 18.2 Å². The first-order valence-corrected chi connectivity index (χ1v) is 29.5. The first kappa shape index (κ1) is 69.9. The van der Waals surface area contributed by atoms with E-state index in [9.17, 15) is 62.8 Å². The van der Waals surface area contributed by atoms with E-state index in [-0.39, 0.29) is 30.3 Å².